The Bertz CT molecular complexity index is 704. The number of fused-ring (bicyclic) bond motifs is 1. The van der Waals surface area contributed by atoms with E-state index in [1.54, 1.807) is 11.9 Å². The maximum absolute atomic E-state index is 12.4. The van der Waals surface area contributed by atoms with E-state index < -0.39 is 11.9 Å². The standard InChI is InChI=1S/C21H32N4O4/c1-24-15-18-13-19(7-6-16(18)12-17(21(24)28)14-20(26)27)29-11-5-9-23-25-10-4-2-3-8-22-25/h6-7,13,17,22-23H,2-5,8-12,14-15H2,1H3,(H,26,27). The molecule has 0 saturated carbocycles. The van der Waals surface area contributed by atoms with E-state index in [2.05, 4.69) is 16.0 Å². The second-order valence-corrected chi connectivity index (χ2v) is 7.85. The number of rotatable bonds is 8. The summed E-state index contributed by atoms with van der Waals surface area (Å²) in [6.45, 7) is 3.95. The minimum absolute atomic E-state index is 0.112. The van der Waals surface area contributed by atoms with E-state index in [0.717, 1.165) is 42.9 Å². The van der Waals surface area contributed by atoms with Crippen LogP contribution in [0.5, 0.6) is 5.75 Å². The number of ether oxygens (including phenoxy) is 1. The lowest BCUT2D eigenvalue weighted by Crippen LogP contribution is -2.48. The normalized spacial score (nSPS) is 20.7. The molecule has 2 aliphatic rings. The molecule has 160 valence electrons. The molecular weight excluding hydrogens is 372 g/mol. The van der Waals surface area contributed by atoms with Gasteiger partial charge in [-0.05, 0) is 48.9 Å². The van der Waals surface area contributed by atoms with Crippen molar-refractivity contribution < 1.29 is 19.4 Å². The molecule has 0 aliphatic carbocycles. The number of aliphatic carboxylic acids is 1. The highest BCUT2D eigenvalue weighted by Gasteiger charge is 2.29. The Morgan fingerprint density at radius 3 is 3.00 bits per heavy atom. The van der Waals surface area contributed by atoms with Crippen molar-refractivity contribution >= 4 is 11.9 Å². The number of hydrogen-bond donors (Lipinski definition) is 3. The van der Waals surface area contributed by atoms with Gasteiger partial charge in [0.25, 0.3) is 0 Å². The van der Waals surface area contributed by atoms with Crippen molar-refractivity contribution in [3.05, 3.63) is 29.3 Å². The molecule has 0 bridgehead atoms. The van der Waals surface area contributed by atoms with E-state index in [1.165, 1.54) is 19.3 Å². The lowest BCUT2D eigenvalue weighted by atomic mass is 9.94. The van der Waals surface area contributed by atoms with Gasteiger partial charge in [-0.2, -0.15) is 5.12 Å². The van der Waals surface area contributed by atoms with E-state index in [9.17, 15) is 9.59 Å². The van der Waals surface area contributed by atoms with Gasteiger partial charge >= 0.3 is 5.97 Å². The highest BCUT2D eigenvalue weighted by molar-refractivity contribution is 5.84. The zero-order chi connectivity index (χ0) is 20.6. The number of amides is 1. The Kier molecular flexibility index (Phi) is 7.85. The fourth-order valence-corrected chi connectivity index (χ4v) is 3.88. The highest BCUT2D eigenvalue weighted by atomic mass is 16.5. The van der Waals surface area contributed by atoms with Gasteiger partial charge < -0.3 is 14.7 Å². The molecule has 2 heterocycles. The molecule has 0 radical (unpaired) electrons. The summed E-state index contributed by atoms with van der Waals surface area (Å²) in [7, 11) is 1.72. The van der Waals surface area contributed by atoms with Crippen LogP contribution in [0.4, 0.5) is 0 Å². The van der Waals surface area contributed by atoms with Crippen LogP contribution in [-0.2, 0) is 22.6 Å². The first-order chi connectivity index (χ1) is 14.0. The van der Waals surface area contributed by atoms with Crippen molar-refractivity contribution in [2.45, 2.75) is 45.1 Å². The number of nitrogens with zero attached hydrogens (tertiary/aromatic N) is 2. The van der Waals surface area contributed by atoms with Crippen molar-refractivity contribution in [1.82, 2.24) is 20.9 Å². The second kappa shape index (κ2) is 10.6. The third kappa shape index (κ3) is 6.42. The quantitative estimate of drug-likeness (QED) is 0.566. The number of hydrogen-bond acceptors (Lipinski definition) is 6. The van der Waals surface area contributed by atoms with Crippen LogP contribution in [0.2, 0.25) is 0 Å². The lowest BCUT2D eigenvalue weighted by Gasteiger charge is -2.21. The molecule has 0 spiro atoms. The molecule has 3 rings (SSSR count). The van der Waals surface area contributed by atoms with Crippen molar-refractivity contribution in [2.24, 2.45) is 5.92 Å². The first-order valence-corrected chi connectivity index (χ1v) is 10.5. The number of carboxylic acids is 1. The smallest absolute Gasteiger partial charge is 0.304 e. The summed E-state index contributed by atoms with van der Waals surface area (Å²) in [5.74, 6) is -0.776. The van der Waals surface area contributed by atoms with E-state index >= 15 is 0 Å². The summed E-state index contributed by atoms with van der Waals surface area (Å²) in [6.07, 6.45) is 4.89. The number of hydrazine groups is 2. The first-order valence-electron chi connectivity index (χ1n) is 10.5. The van der Waals surface area contributed by atoms with E-state index in [1.807, 2.05) is 18.2 Å². The van der Waals surface area contributed by atoms with Crippen LogP contribution >= 0.6 is 0 Å². The number of nitrogens with one attached hydrogen (secondary N) is 2. The van der Waals surface area contributed by atoms with Gasteiger partial charge in [-0.25, -0.2) is 10.9 Å². The third-order valence-electron chi connectivity index (χ3n) is 5.45. The molecule has 0 aromatic heterocycles. The average Bonchev–Trinajstić information content (AvgIpc) is 3.01. The maximum Gasteiger partial charge on any atom is 0.304 e. The molecule has 1 amide bonds. The SMILES string of the molecule is CN1Cc2cc(OCCCNN3CCCCCN3)ccc2CC(CC(=O)O)C1=O. The van der Waals surface area contributed by atoms with Crippen molar-refractivity contribution in [2.75, 3.05) is 33.3 Å². The van der Waals surface area contributed by atoms with Crippen LogP contribution in [0, 0.1) is 5.92 Å². The van der Waals surface area contributed by atoms with Crippen LogP contribution in [0.25, 0.3) is 0 Å². The van der Waals surface area contributed by atoms with Gasteiger partial charge in [0, 0.05) is 33.2 Å². The molecule has 1 aromatic rings. The third-order valence-corrected chi connectivity index (χ3v) is 5.45. The maximum atomic E-state index is 12.4. The van der Waals surface area contributed by atoms with E-state index in [4.69, 9.17) is 9.84 Å². The molecule has 1 atom stereocenters. The van der Waals surface area contributed by atoms with Crippen molar-refractivity contribution in [3.63, 3.8) is 0 Å². The summed E-state index contributed by atoms with van der Waals surface area (Å²) in [5, 5.41) is 11.2. The Morgan fingerprint density at radius 2 is 2.17 bits per heavy atom. The summed E-state index contributed by atoms with van der Waals surface area (Å²) in [6, 6.07) is 5.85. The minimum Gasteiger partial charge on any atom is -0.494 e. The summed E-state index contributed by atoms with van der Waals surface area (Å²) < 4.78 is 5.90. The number of carbonyl (C=O) groups is 2. The molecule has 3 N–H and O–H groups in total. The predicted molar refractivity (Wildman–Crippen MR) is 109 cm³/mol. The van der Waals surface area contributed by atoms with Gasteiger partial charge in [-0.3, -0.25) is 9.59 Å². The number of benzene rings is 1. The fraction of sp³-hybridized carbons (Fsp3) is 0.619. The first kappa shape index (κ1) is 21.5. The molecule has 2 aliphatic heterocycles. The monoisotopic (exact) mass is 404 g/mol. The lowest BCUT2D eigenvalue weighted by molar-refractivity contribution is -0.143. The Hall–Kier alpha value is -2.16. The van der Waals surface area contributed by atoms with Crippen LogP contribution in [0.1, 0.15) is 43.2 Å². The number of carbonyl (C=O) groups excluding carboxylic acids is 1. The Balaban J connectivity index is 1.49. The average molecular weight is 405 g/mol. The zero-order valence-electron chi connectivity index (χ0n) is 17.2. The molecule has 8 nitrogen and oxygen atoms in total. The van der Waals surface area contributed by atoms with Gasteiger partial charge in [0.05, 0.1) is 18.9 Å². The Labute approximate surface area is 172 Å². The Morgan fingerprint density at radius 1 is 1.31 bits per heavy atom. The predicted octanol–water partition coefficient (Wildman–Crippen LogP) is 1.56. The number of carboxylic acid groups (broad SMARTS) is 1. The fourth-order valence-electron chi connectivity index (χ4n) is 3.88. The van der Waals surface area contributed by atoms with Crippen LogP contribution in [0.3, 0.4) is 0 Å². The van der Waals surface area contributed by atoms with E-state index in [-0.39, 0.29) is 12.3 Å². The van der Waals surface area contributed by atoms with Crippen LogP contribution in [0.15, 0.2) is 18.2 Å². The van der Waals surface area contributed by atoms with Crippen LogP contribution < -0.4 is 15.6 Å². The molecule has 1 fully saturated rings. The van der Waals surface area contributed by atoms with Gasteiger partial charge in [0.15, 0.2) is 0 Å². The molecular formula is C21H32N4O4. The molecule has 8 heteroatoms. The van der Waals surface area contributed by atoms with Gasteiger partial charge in [0.1, 0.15) is 5.75 Å². The van der Waals surface area contributed by atoms with Crippen molar-refractivity contribution in [1.29, 1.82) is 0 Å². The largest absolute Gasteiger partial charge is 0.494 e. The van der Waals surface area contributed by atoms with Crippen LogP contribution in [-0.4, -0.2) is 60.3 Å². The van der Waals surface area contributed by atoms with Crippen molar-refractivity contribution in [3.8, 4) is 5.75 Å². The highest BCUT2D eigenvalue weighted by Crippen LogP contribution is 2.27. The molecule has 29 heavy (non-hydrogen) atoms. The molecule has 1 saturated heterocycles. The zero-order valence-corrected chi connectivity index (χ0v) is 17.2. The summed E-state index contributed by atoms with van der Waals surface area (Å²) in [4.78, 5) is 25.1. The summed E-state index contributed by atoms with van der Waals surface area (Å²) in [5.41, 5.74) is 8.80. The molecule has 1 unspecified atom stereocenters. The van der Waals surface area contributed by atoms with Gasteiger partial charge in [-0.15, -0.1) is 0 Å². The molecule has 1 aromatic carbocycles. The van der Waals surface area contributed by atoms with E-state index in [0.29, 0.717) is 19.6 Å². The second-order valence-electron chi connectivity index (χ2n) is 7.85. The van der Waals surface area contributed by atoms with Gasteiger partial charge in [0.2, 0.25) is 5.91 Å². The summed E-state index contributed by atoms with van der Waals surface area (Å²) >= 11 is 0. The topological polar surface area (TPSA) is 94.1 Å². The minimum atomic E-state index is -0.941. The van der Waals surface area contributed by atoms with Gasteiger partial charge in [-0.1, -0.05) is 12.5 Å².